The van der Waals surface area contributed by atoms with Crippen molar-refractivity contribution in [3.63, 3.8) is 0 Å². The molecule has 5 heteroatoms. The topological polar surface area (TPSA) is 58.4 Å². The van der Waals surface area contributed by atoms with Crippen LogP contribution in [0.15, 0.2) is 18.2 Å². The van der Waals surface area contributed by atoms with E-state index in [9.17, 15) is 10.1 Å². The fourth-order valence-electron chi connectivity index (χ4n) is 3.08. The highest BCUT2D eigenvalue weighted by Gasteiger charge is 2.29. The number of aryl methyl sites for hydroxylation is 1. The Balaban J connectivity index is 2.16. The van der Waals surface area contributed by atoms with Gasteiger partial charge in [-0.15, -0.1) is 0 Å². The Morgan fingerprint density at radius 1 is 1.43 bits per heavy atom. The van der Waals surface area contributed by atoms with E-state index >= 15 is 0 Å². The van der Waals surface area contributed by atoms with Gasteiger partial charge in [-0.1, -0.05) is 19.9 Å². The molecule has 116 valence electrons. The minimum Gasteiger partial charge on any atom is -0.382 e. The summed E-state index contributed by atoms with van der Waals surface area (Å²) >= 11 is 0. The van der Waals surface area contributed by atoms with E-state index in [1.54, 1.807) is 6.07 Å². The molecule has 3 atom stereocenters. The normalized spacial score (nSPS) is 26.6. The fraction of sp³-hybridized carbons (Fsp3) is 0.625. The van der Waals surface area contributed by atoms with Gasteiger partial charge in [-0.05, 0) is 38.8 Å². The molecular weight excluding hydrogens is 266 g/mol. The average Bonchev–Trinajstić information content (AvgIpc) is 2.44. The van der Waals surface area contributed by atoms with E-state index in [2.05, 4.69) is 31.1 Å². The number of hydrogen-bond acceptors (Lipinski definition) is 4. The van der Waals surface area contributed by atoms with Crippen molar-refractivity contribution < 1.29 is 4.92 Å². The predicted molar refractivity (Wildman–Crippen MR) is 85.8 cm³/mol. The van der Waals surface area contributed by atoms with Crippen LogP contribution in [0.1, 0.15) is 32.8 Å². The van der Waals surface area contributed by atoms with Gasteiger partial charge in [-0.3, -0.25) is 10.1 Å². The van der Waals surface area contributed by atoms with E-state index < -0.39 is 0 Å². The van der Waals surface area contributed by atoms with Crippen molar-refractivity contribution in [3.8, 4) is 0 Å². The number of likely N-dealkylation sites (tertiary alicyclic amines) is 1. The second-order valence-electron chi connectivity index (χ2n) is 6.21. The maximum atomic E-state index is 11.2. The van der Waals surface area contributed by atoms with Crippen molar-refractivity contribution >= 4 is 11.4 Å². The summed E-state index contributed by atoms with van der Waals surface area (Å²) in [6.07, 6.45) is 1.74. The molecule has 1 aliphatic heterocycles. The first kappa shape index (κ1) is 15.8. The number of piperidine rings is 1. The molecule has 1 heterocycles. The maximum absolute atomic E-state index is 11.2. The van der Waals surface area contributed by atoms with Crippen LogP contribution in [-0.2, 0) is 6.42 Å². The molecule has 1 fully saturated rings. The number of benzene rings is 1. The standard InChI is InChI=1S/C16H25N3O2/c1-5-13-6-7-14(9-16(13)19(20)21)17-15-8-12(3)18(4)10-11(15)2/h6-7,9,11-12,15,17H,5,8,10H2,1-4H3. The highest BCUT2D eigenvalue weighted by atomic mass is 16.6. The van der Waals surface area contributed by atoms with Gasteiger partial charge in [0.05, 0.1) is 4.92 Å². The molecule has 21 heavy (non-hydrogen) atoms. The van der Waals surface area contributed by atoms with Crippen LogP contribution in [-0.4, -0.2) is 35.5 Å². The second kappa shape index (κ2) is 6.43. The third-order valence-corrected chi connectivity index (χ3v) is 4.63. The molecule has 1 aromatic carbocycles. The van der Waals surface area contributed by atoms with E-state index in [0.717, 1.165) is 24.2 Å². The number of nitrogens with zero attached hydrogens (tertiary/aromatic N) is 2. The van der Waals surface area contributed by atoms with Crippen LogP contribution in [0, 0.1) is 16.0 Å². The molecule has 1 aliphatic rings. The summed E-state index contributed by atoms with van der Waals surface area (Å²) in [5.74, 6) is 0.524. The van der Waals surface area contributed by atoms with Gasteiger partial charge in [0, 0.05) is 35.9 Å². The summed E-state index contributed by atoms with van der Waals surface area (Å²) in [5, 5.41) is 14.7. The van der Waals surface area contributed by atoms with Gasteiger partial charge in [0.1, 0.15) is 0 Å². The van der Waals surface area contributed by atoms with Crippen molar-refractivity contribution in [1.82, 2.24) is 4.90 Å². The molecule has 0 spiro atoms. The van der Waals surface area contributed by atoms with E-state index in [1.165, 1.54) is 0 Å². The molecule has 2 rings (SSSR count). The Hall–Kier alpha value is -1.62. The lowest BCUT2D eigenvalue weighted by Crippen LogP contribution is -2.48. The number of nitro benzene ring substituents is 1. The molecule has 1 aromatic rings. The Bertz CT molecular complexity index is 518. The first-order chi connectivity index (χ1) is 9.92. The molecule has 1 saturated heterocycles. The first-order valence-corrected chi connectivity index (χ1v) is 7.66. The quantitative estimate of drug-likeness (QED) is 0.683. The molecule has 5 nitrogen and oxygen atoms in total. The van der Waals surface area contributed by atoms with Crippen molar-refractivity contribution in [3.05, 3.63) is 33.9 Å². The number of hydrogen-bond donors (Lipinski definition) is 1. The smallest absolute Gasteiger partial charge is 0.274 e. The van der Waals surface area contributed by atoms with Crippen molar-refractivity contribution in [2.24, 2.45) is 5.92 Å². The summed E-state index contributed by atoms with van der Waals surface area (Å²) in [5.41, 5.74) is 1.86. The number of rotatable bonds is 4. The summed E-state index contributed by atoms with van der Waals surface area (Å²) < 4.78 is 0. The van der Waals surface area contributed by atoms with Gasteiger partial charge >= 0.3 is 0 Å². The maximum Gasteiger partial charge on any atom is 0.274 e. The summed E-state index contributed by atoms with van der Waals surface area (Å²) in [6.45, 7) is 7.45. The summed E-state index contributed by atoms with van der Waals surface area (Å²) in [6, 6.07) is 6.39. The van der Waals surface area contributed by atoms with E-state index in [-0.39, 0.29) is 10.6 Å². The molecular formula is C16H25N3O2. The first-order valence-electron chi connectivity index (χ1n) is 7.66. The largest absolute Gasteiger partial charge is 0.382 e. The zero-order valence-corrected chi connectivity index (χ0v) is 13.3. The monoisotopic (exact) mass is 291 g/mol. The van der Waals surface area contributed by atoms with Gasteiger partial charge in [0.15, 0.2) is 0 Å². The van der Waals surface area contributed by atoms with Crippen LogP contribution in [0.3, 0.4) is 0 Å². The second-order valence-corrected chi connectivity index (χ2v) is 6.21. The Labute approximate surface area is 126 Å². The summed E-state index contributed by atoms with van der Waals surface area (Å²) in [7, 11) is 2.15. The van der Waals surface area contributed by atoms with E-state index in [4.69, 9.17) is 0 Å². The Morgan fingerprint density at radius 3 is 2.76 bits per heavy atom. The lowest BCUT2D eigenvalue weighted by atomic mass is 9.89. The van der Waals surface area contributed by atoms with Crippen LogP contribution in [0.2, 0.25) is 0 Å². The lowest BCUT2D eigenvalue weighted by Gasteiger charge is -2.40. The number of anilines is 1. The van der Waals surface area contributed by atoms with E-state index in [1.807, 2.05) is 19.1 Å². The molecule has 0 aromatic heterocycles. The van der Waals surface area contributed by atoms with Crippen molar-refractivity contribution in [2.45, 2.75) is 45.7 Å². The molecule has 1 N–H and O–H groups in total. The zero-order chi connectivity index (χ0) is 15.6. The molecule has 0 amide bonds. The van der Waals surface area contributed by atoms with Gasteiger partial charge in [-0.2, -0.15) is 0 Å². The van der Waals surface area contributed by atoms with Crippen LogP contribution in [0.25, 0.3) is 0 Å². The molecule has 0 saturated carbocycles. The molecule has 0 radical (unpaired) electrons. The SMILES string of the molecule is CCc1ccc(NC2CC(C)N(C)CC2C)cc1[N+](=O)[O-]. The van der Waals surface area contributed by atoms with Crippen LogP contribution in [0.4, 0.5) is 11.4 Å². The minimum atomic E-state index is -0.287. The molecule has 0 bridgehead atoms. The Morgan fingerprint density at radius 2 is 2.14 bits per heavy atom. The van der Waals surface area contributed by atoms with Crippen molar-refractivity contribution in [2.75, 3.05) is 18.9 Å². The van der Waals surface area contributed by atoms with E-state index in [0.29, 0.717) is 24.4 Å². The van der Waals surface area contributed by atoms with Crippen molar-refractivity contribution in [1.29, 1.82) is 0 Å². The predicted octanol–water partition coefficient (Wildman–Crippen LogP) is 3.30. The third kappa shape index (κ3) is 3.53. The molecule has 3 unspecified atom stereocenters. The van der Waals surface area contributed by atoms with Gasteiger partial charge in [-0.25, -0.2) is 0 Å². The lowest BCUT2D eigenvalue weighted by molar-refractivity contribution is -0.385. The average molecular weight is 291 g/mol. The minimum absolute atomic E-state index is 0.219. The van der Waals surface area contributed by atoms with Crippen LogP contribution >= 0.6 is 0 Å². The van der Waals surface area contributed by atoms with Gasteiger partial charge in [0.2, 0.25) is 0 Å². The zero-order valence-electron chi connectivity index (χ0n) is 13.3. The Kier molecular flexibility index (Phi) is 4.83. The highest BCUT2D eigenvalue weighted by Crippen LogP contribution is 2.28. The fourth-order valence-corrected chi connectivity index (χ4v) is 3.08. The van der Waals surface area contributed by atoms with Crippen LogP contribution in [0.5, 0.6) is 0 Å². The highest BCUT2D eigenvalue weighted by molar-refractivity contribution is 5.55. The van der Waals surface area contributed by atoms with Crippen LogP contribution < -0.4 is 5.32 Å². The van der Waals surface area contributed by atoms with Gasteiger partial charge < -0.3 is 10.2 Å². The third-order valence-electron chi connectivity index (χ3n) is 4.63. The number of nitro groups is 1. The van der Waals surface area contributed by atoms with Gasteiger partial charge in [0.25, 0.3) is 5.69 Å². The molecule has 0 aliphatic carbocycles. The number of nitrogens with one attached hydrogen (secondary N) is 1. The summed E-state index contributed by atoms with van der Waals surface area (Å²) in [4.78, 5) is 13.2.